The van der Waals surface area contributed by atoms with E-state index in [9.17, 15) is 9.18 Å². The Bertz CT molecular complexity index is 700. The maximum absolute atomic E-state index is 13.8. The minimum absolute atomic E-state index is 0.0727. The zero-order valence-corrected chi connectivity index (χ0v) is 12.7. The lowest BCUT2D eigenvalue weighted by Gasteiger charge is -2.11. The highest BCUT2D eigenvalue weighted by Gasteiger charge is 2.21. The number of esters is 1. The Labute approximate surface area is 135 Å². The third-order valence-corrected chi connectivity index (χ3v) is 3.05. The van der Waals surface area contributed by atoms with E-state index in [2.05, 4.69) is 10.5 Å². The molecule has 0 amide bonds. The molecule has 1 aromatic carbocycles. The molecule has 116 valence electrons. The van der Waals surface area contributed by atoms with Crippen molar-refractivity contribution in [3.63, 3.8) is 0 Å². The smallest absolute Gasteiger partial charge is 0.339 e. The van der Waals surface area contributed by atoms with E-state index >= 15 is 0 Å². The average Bonchev–Trinajstić information content (AvgIpc) is 2.46. The molecule has 0 unspecified atom stereocenters. The molecule has 0 bridgehead atoms. The zero-order chi connectivity index (χ0) is 16.9. The van der Waals surface area contributed by atoms with Crippen molar-refractivity contribution in [2.24, 2.45) is 10.8 Å². The number of anilines is 1. The van der Waals surface area contributed by atoms with E-state index in [0.29, 0.717) is 0 Å². The van der Waals surface area contributed by atoms with E-state index in [1.807, 2.05) is 0 Å². The van der Waals surface area contributed by atoms with E-state index in [4.69, 9.17) is 44.3 Å². The molecule has 0 aliphatic heterocycles. The largest absolute Gasteiger partial charge is 0.462 e. The van der Waals surface area contributed by atoms with Gasteiger partial charge in [0.1, 0.15) is 16.9 Å². The second kappa shape index (κ2) is 7.59. The third-order valence-electron chi connectivity index (χ3n) is 2.29. The minimum Gasteiger partial charge on any atom is -0.462 e. The van der Waals surface area contributed by atoms with Crippen LogP contribution in [0.4, 0.5) is 10.1 Å². The Morgan fingerprint density at radius 1 is 1.59 bits per heavy atom. The van der Waals surface area contributed by atoms with Crippen LogP contribution in [0.5, 0.6) is 0 Å². The molecule has 10 heteroatoms. The third kappa shape index (κ3) is 3.84. The number of hydrogen-bond donors (Lipinski definition) is 3. The van der Waals surface area contributed by atoms with Crippen LogP contribution in [-0.4, -0.2) is 24.1 Å². The molecular weight excluding hydrogens is 336 g/mol. The number of carbonyl (C=O) groups is 1. The summed E-state index contributed by atoms with van der Waals surface area (Å²) in [5.41, 5.74) is 6.36. The van der Waals surface area contributed by atoms with Crippen molar-refractivity contribution in [2.45, 2.75) is 6.92 Å². The molecule has 7 nitrogen and oxygen atoms in total. The maximum atomic E-state index is 13.8. The molecule has 0 atom stereocenters. The topological polar surface area (TPSA) is 124 Å². The highest BCUT2D eigenvalue weighted by molar-refractivity contribution is 6.46. The van der Waals surface area contributed by atoms with Gasteiger partial charge in [-0.1, -0.05) is 23.2 Å². The summed E-state index contributed by atoms with van der Waals surface area (Å²) in [6, 6.07) is 2.38. The maximum Gasteiger partial charge on any atom is 0.339 e. The number of hydrazone groups is 1. The van der Waals surface area contributed by atoms with Crippen LogP contribution in [0.3, 0.4) is 0 Å². The Morgan fingerprint density at radius 3 is 2.73 bits per heavy atom. The van der Waals surface area contributed by atoms with E-state index < -0.39 is 28.4 Å². The first kappa shape index (κ1) is 17.7. The molecule has 1 rings (SSSR count). The number of amidine groups is 1. The summed E-state index contributed by atoms with van der Waals surface area (Å²) in [6.07, 6.45) is 0. The second-order valence-electron chi connectivity index (χ2n) is 3.73. The summed E-state index contributed by atoms with van der Waals surface area (Å²) in [5.74, 6) is -2.39. The molecule has 0 saturated carbocycles. The van der Waals surface area contributed by atoms with E-state index in [1.54, 1.807) is 13.0 Å². The van der Waals surface area contributed by atoms with Gasteiger partial charge in [0.25, 0.3) is 0 Å². The number of nitrogens with one attached hydrogen (secondary N) is 2. The van der Waals surface area contributed by atoms with Gasteiger partial charge in [-0.05, 0) is 13.0 Å². The lowest BCUT2D eigenvalue weighted by atomic mass is 10.2. The van der Waals surface area contributed by atoms with Crippen LogP contribution < -0.4 is 11.2 Å². The van der Waals surface area contributed by atoms with Crippen LogP contribution in [0.25, 0.3) is 0 Å². The lowest BCUT2D eigenvalue weighted by Crippen LogP contribution is -2.22. The van der Waals surface area contributed by atoms with E-state index in [0.717, 1.165) is 6.07 Å². The molecular formula is C12H10Cl2FN5O2. The van der Waals surface area contributed by atoms with Gasteiger partial charge in [-0.25, -0.2) is 9.18 Å². The number of carbonyl (C=O) groups excluding carboxylic acids is 1. The monoisotopic (exact) mass is 345 g/mol. The van der Waals surface area contributed by atoms with Crippen molar-refractivity contribution >= 4 is 46.4 Å². The van der Waals surface area contributed by atoms with Crippen molar-refractivity contribution in [3.8, 4) is 6.07 Å². The number of nitrogens with two attached hydrogens (primary N) is 1. The van der Waals surface area contributed by atoms with Crippen molar-refractivity contribution in [3.05, 3.63) is 27.5 Å². The summed E-state index contributed by atoms with van der Waals surface area (Å²) in [4.78, 5) is 11.7. The van der Waals surface area contributed by atoms with Gasteiger partial charge in [0.2, 0.25) is 5.71 Å². The molecule has 1 aromatic rings. The van der Waals surface area contributed by atoms with Crippen molar-refractivity contribution in [1.82, 2.24) is 0 Å². The van der Waals surface area contributed by atoms with Crippen molar-refractivity contribution < 1.29 is 13.9 Å². The van der Waals surface area contributed by atoms with Crippen LogP contribution in [0.2, 0.25) is 10.0 Å². The summed E-state index contributed by atoms with van der Waals surface area (Å²) < 4.78 is 18.5. The minimum atomic E-state index is -0.937. The van der Waals surface area contributed by atoms with Crippen molar-refractivity contribution in [1.29, 1.82) is 10.7 Å². The Hall–Kier alpha value is -2.37. The van der Waals surface area contributed by atoms with E-state index in [1.165, 1.54) is 0 Å². The number of ether oxygens (including phenoxy) is 1. The van der Waals surface area contributed by atoms with Crippen LogP contribution in [0.1, 0.15) is 17.3 Å². The molecule has 0 heterocycles. The highest BCUT2D eigenvalue weighted by atomic mass is 35.5. The number of benzene rings is 1. The average molecular weight is 346 g/mol. The normalized spacial score (nSPS) is 10.8. The summed E-state index contributed by atoms with van der Waals surface area (Å²) >= 11 is 11.7. The van der Waals surface area contributed by atoms with Gasteiger partial charge in [-0.2, -0.15) is 10.4 Å². The summed E-state index contributed by atoms with van der Waals surface area (Å²) in [5, 5.41) is 18.6. The lowest BCUT2D eigenvalue weighted by molar-refractivity contribution is 0.0526. The first-order valence-corrected chi connectivity index (χ1v) is 6.51. The molecule has 0 aliphatic carbocycles. The SMILES string of the molecule is CCOC(=O)c1cc(F)c(Cl)c(N/N=C(\C#N)C(=N)N)c1Cl. The van der Waals surface area contributed by atoms with Gasteiger partial charge in [-0.3, -0.25) is 10.8 Å². The van der Waals surface area contributed by atoms with Crippen molar-refractivity contribution in [2.75, 3.05) is 12.0 Å². The molecule has 22 heavy (non-hydrogen) atoms. The zero-order valence-electron chi connectivity index (χ0n) is 11.2. The van der Waals surface area contributed by atoms with Crippen LogP contribution in [-0.2, 0) is 4.74 Å². The highest BCUT2D eigenvalue weighted by Crippen LogP contribution is 2.36. The quantitative estimate of drug-likeness (QED) is 0.248. The fourth-order valence-corrected chi connectivity index (χ4v) is 1.82. The van der Waals surface area contributed by atoms with Crippen LogP contribution in [0, 0.1) is 22.6 Å². The molecule has 0 fully saturated rings. The molecule has 0 aliphatic rings. The summed E-state index contributed by atoms with van der Waals surface area (Å²) in [7, 11) is 0. The number of rotatable bonds is 5. The predicted octanol–water partition coefficient (Wildman–Crippen LogP) is 2.54. The van der Waals surface area contributed by atoms with E-state index in [-0.39, 0.29) is 22.9 Å². The molecule has 0 saturated heterocycles. The first-order valence-electron chi connectivity index (χ1n) is 5.76. The van der Waals surface area contributed by atoms with Crippen LogP contribution >= 0.6 is 23.2 Å². The fourth-order valence-electron chi connectivity index (χ4n) is 1.32. The van der Waals surface area contributed by atoms with Gasteiger partial charge in [0.15, 0.2) is 5.84 Å². The van der Waals surface area contributed by atoms with Gasteiger partial charge in [-0.15, -0.1) is 0 Å². The molecule has 0 spiro atoms. The predicted molar refractivity (Wildman–Crippen MR) is 81.0 cm³/mol. The second-order valence-corrected chi connectivity index (χ2v) is 4.48. The number of hydrogen-bond acceptors (Lipinski definition) is 6. The number of nitriles is 1. The molecule has 0 aromatic heterocycles. The van der Waals surface area contributed by atoms with Crippen LogP contribution in [0.15, 0.2) is 11.2 Å². The standard InChI is InChI=1S/C12H10Cl2FN5O2/c1-2-22-12(21)5-3-6(15)9(14)10(8(5)13)20-19-7(4-16)11(17)18/h3,20H,2H2,1H3,(H3,17,18)/b19-7+. The van der Waals surface area contributed by atoms with Gasteiger partial charge in [0, 0.05) is 0 Å². The van der Waals surface area contributed by atoms with Gasteiger partial charge >= 0.3 is 5.97 Å². The Kier molecular flexibility index (Phi) is 6.10. The molecule has 0 radical (unpaired) electrons. The number of halogens is 3. The molecule has 4 N–H and O–H groups in total. The Morgan fingerprint density at radius 2 is 2.23 bits per heavy atom. The first-order chi connectivity index (χ1) is 10.3. The van der Waals surface area contributed by atoms with Gasteiger partial charge < -0.3 is 10.5 Å². The Balaban J connectivity index is 3.33. The fraction of sp³-hybridized carbons (Fsp3) is 0.167. The number of nitrogens with zero attached hydrogens (tertiary/aromatic N) is 2. The van der Waals surface area contributed by atoms with Gasteiger partial charge in [0.05, 0.1) is 22.9 Å². The summed E-state index contributed by atoms with van der Waals surface area (Å²) in [6.45, 7) is 1.65.